The molecule has 0 aromatic carbocycles. The van der Waals surface area contributed by atoms with Gasteiger partial charge in [-0.25, -0.2) is 4.98 Å². The zero-order chi connectivity index (χ0) is 12.0. The zero-order valence-corrected chi connectivity index (χ0v) is 10.2. The van der Waals surface area contributed by atoms with Crippen LogP contribution >= 0.6 is 0 Å². The van der Waals surface area contributed by atoms with Crippen molar-refractivity contribution >= 4 is 5.65 Å². The van der Waals surface area contributed by atoms with Gasteiger partial charge < -0.3 is 5.73 Å². The lowest BCUT2D eigenvalue weighted by Gasteiger charge is -2.09. The Bertz CT molecular complexity index is 559. The van der Waals surface area contributed by atoms with Crippen molar-refractivity contribution < 1.29 is 0 Å². The van der Waals surface area contributed by atoms with Gasteiger partial charge in [-0.1, -0.05) is 0 Å². The van der Waals surface area contributed by atoms with Crippen molar-refractivity contribution in [1.82, 2.24) is 19.6 Å². The Morgan fingerprint density at radius 2 is 2.12 bits per heavy atom. The van der Waals surface area contributed by atoms with Gasteiger partial charge in [-0.05, 0) is 33.1 Å². The van der Waals surface area contributed by atoms with E-state index in [9.17, 15) is 0 Å². The van der Waals surface area contributed by atoms with Gasteiger partial charge in [-0.2, -0.15) is 0 Å². The Morgan fingerprint density at radius 1 is 1.29 bits per heavy atom. The fraction of sp³-hybridized carbons (Fsp3) is 0.583. The second-order valence-electron chi connectivity index (χ2n) is 4.97. The summed E-state index contributed by atoms with van der Waals surface area (Å²) in [4.78, 5) is 4.48. The Hall–Kier alpha value is -1.49. The highest BCUT2D eigenvalue weighted by molar-refractivity contribution is 5.40. The van der Waals surface area contributed by atoms with Crippen molar-refractivity contribution in [2.75, 3.05) is 0 Å². The topological polar surface area (TPSA) is 69.1 Å². The van der Waals surface area contributed by atoms with E-state index >= 15 is 0 Å². The van der Waals surface area contributed by atoms with Crippen molar-refractivity contribution in [3.05, 3.63) is 23.4 Å². The number of aryl methyl sites for hydroxylation is 2. The standard InChI is InChI=1S/C12H17N5/c1-7-5-11-15-16-12(17(11)8(2)14-7)9-3-4-10(13)6-9/h5,9-10H,3-4,6,13H2,1-2H3. The van der Waals surface area contributed by atoms with E-state index in [1.54, 1.807) is 0 Å². The second kappa shape index (κ2) is 3.77. The van der Waals surface area contributed by atoms with Crippen LogP contribution in [0.5, 0.6) is 0 Å². The largest absolute Gasteiger partial charge is 0.328 e. The Morgan fingerprint density at radius 3 is 2.82 bits per heavy atom. The lowest BCUT2D eigenvalue weighted by molar-refractivity contribution is 0.631. The molecule has 2 aromatic heterocycles. The maximum Gasteiger partial charge on any atom is 0.164 e. The molecule has 1 aliphatic rings. The quantitative estimate of drug-likeness (QED) is 0.804. The molecule has 0 aliphatic heterocycles. The molecule has 1 fully saturated rings. The van der Waals surface area contributed by atoms with Gasteiger partial charge in [-0.15, -0.1) is 10.2 Å². The predicted octanol–water partition coefficient (Wildman–Crippen LogP) is 1.34. The number of nitrogens with two attached hydrogens (primary N) is 1. The van der Waals surface area contributed by atoms with Gasteiger partial charge in [0.1, 0.15) is 11.6 Å². The first kappa shape index (κ1) is 10.7. The molecular weight excluding hydrogens is 214 g/mol. The molecule has 5 nitrogen and oxygen atoms in total. The third-order valence-corrected chi connectivity index (χ3v) is 3.55. The first-order chi connectivity index (χ1) is 8.15. The van der Waals surface area contributed by atoms with Gasteiger partial charge in [0.2, 0.25) is 0 Å². The molecule has 0 saturated heterocycles. The normalized spacial score (nSPS) is 24.6. The summed E-state index contributed by atoms with van der Waals surface area (Å²) >= 11 is 0. The van der Waals surface area contributed by atoms with Crippen LogP contribution in [0.25, 0.3) is 5.65 Å². The second-order valence-corrected chi connectivity index (χ2v) is 4.97. The van der Waals surface area contributed by atoms with Gasteiger partial charge in [-0.3, -0.25) is 4.40 Å². The van der Waals surface area contributed by atoms with Crippen LogP contribution < -0.4 is 5.73 Å². The maximum atomic E-state index is 5.96. The predicted molar refractivity (Wildman–Crippen MR) is 64.8 cm³/mol. The van der Waals surface area contributed by atoms with Crippen LogP contribution in [0.3, 0.4) is 0 Å². The number of hydrogen-bond acceptors (Lipinski definition) is 4. The average molecular weight is 231 g/mol. The van der Waals surface area contributed by atoms with Crippen molar-refractivity contribution in [3.8, 4) is 0 Å². The van der Waals surface area contributed by atoms with Crippen LogP contribution in [0.15, 0.2) is 6.07 Å². The number of aromatic nitrogens is 4. The molecule has 2 aromatic rings. The molecule has 2 atom stereocenters. The van der Waals surface area contributed by atoms with Gasteiger partial charge in [0.05, 0.1) is 0 Å². The molecule has 1 aliphatic carbocycles. The molecule has 0 amide bonds. The molecule has 2 N–H and O–H groups in total. The molecule has 2 unspecified atom stereocenters. The van der Waals surface area contributed by atoms with E-state index in [4.69, 9.17) is 5.73 Å². The average Bonchev–Trinajstić information content (AvgIpc) is 2.83. The van der Waals surface area contributed by atoms with Crippen LogP contribution in [0.2, 0.25) is 0 Å². The molecule has 0 bridgehead atoms. The van der Waals surface area contributed by atoms with E-state index in [2.05, 4.69) is 19.6 Å². The highest BCUT2D eigenvalue weighted by Crippen LogP contribution is 2.32. The van der Waals surface area contributed by atoms with E-state index < -0.39 is 0 Å². The minimum absolute atomic E-state index is 0.311. The summed E-state index contributed by atoms with van der Waals surface area (Å²) in [6, 6.07) is 2.28. The highest BCUT2D eigenvalue weighted by atomic mass is 15.3. The first-order valence-corrected chi connectivity index (χ1v) is 6.10. The third kappa shape index (κ3) is 1.70. The van der Waals surface area contributed by atoms with Crippen molar-refractivity contribution in [2.24, 2.45) is 5.73 Å². The van der Waals surface area contributed by atoms with E-state index in [-0.39, 0.29) is 0 Å². The molecule has 0 spiro atoms. The summed E-state index contributed by atoms with van der Waals surface area (Å²) in [5.41, 5.74) is 7.84. The number of fused-ring (bicyclic) bond motifs is 1. The Balaban J connectivity index is 2.11. The molecular formula is C12H17N5. The molecule has 2 heterocycles. The van der Waals surface area contributed by atoms with Crippen molar-refractivity contribution in [3.63, 3.8) is 0 Å². The molecule has 17 heavy (non-hydrogen) atoms. The lowest BCUT2D eigenvalue weighted by atomic mass is 10.1. The van der Waals surface area contributed by atoms with Crippen molar-refractivity contribution in [1.29, 1.82) is 0 Å². The fourth-order valence-corrected chi connectivity index (χ4v) is 2.77. The van der Waals surface area contributed by atoms with Crippen LogP contribution in [0.4, 0.5) is 0 Å². The number of rotatable bonds is 1. The summed E-state index contributed by atoms with van der Waals surface area (Å²) in [5, 5.41) is 8.57. The van der Waals surface area contributed by atoms with E-state index in [1.807, 2.05) is 19.9 Å². The van der Waals surface area contributed by atoms with E-state index in [1.165, 1.54) is 0 Å². The third-order valence-electron chi connectivity index (χ3n) is 3.55. The molecule has 0 radical (unpaired) electrons. The van der Waals surface area contributed by atoms with Crippen LogP contribution in [-0.2, 0) is 0 Å². The maximum absolute atomic E-state index is 5.96. The minimum Gasteiger partial charge on any atom is -0.328 e. The summed E-state index contributed by atoms with van der Waals surface area (Å²) in [6.07, 6.45) is 3.20. The molecule has 1 saturated carbocycles. The van der Waals surface area contributed by atoms with Crippen LogP contribution in [0.1, 0.15) is 42.5 Å². The molecule has 3 rings (SSSR count). The summed E-state index contributed by atoms with van der Waals surface area (Å²) in [5.74, 6) is 2.42. The fourth-order valence-electron chi connectivity index (χ4n) is 2.77. The Labute approximate surface area is 100 Å². The van der Waals surface area contributed by atoms with Crippen LogP contribution in [0, 0.1) is 13.8 Å². The van der Waals surface area contributed by atoms with Gasteiger partial charge in [0.25, 0.3) is 0 Å². The summed E-state index contributed by atoms with van der Waals surface area (Å²) < 4.78 is 2.07. The minimum atomic E-state index is 0.311. The number of hydrogen-bond donors (Lipinski definition) is 1. The highest BCUT2D eigenvalue weighted by Gasteiger charge is 2.27. The van der Waals surface area contributed by atoms with Crippen LogP contribution in [-0.4, -0.2) is 25.6 Å². The zero-order valence-electron chi connectivity index (χ0n) is 10.2. The van der Waals surface area contributed by atoms with Gasteiger partial charge in [0, 0.05) is 23.7 Å². The SMILES string of the molecule is Cc1cc2nnc(C3CCC(N)C3)n2c(C)n1. The molecule has 5 heteroatoms. The van der Waals surface area contributed by atoms with Gasteiger partial charge >= 0.3 is 0 Å². The van der Waals surface area contributed by atoms with Crippen molar-refractivity contribution in [2.45, 2.75) is 45.1 Å². The van der Waals surface area contributed by atoms with Gasteiger partial charge in [0.15, 0.2) is 5.65 Å². The molecule has 90 valence electrons. The first-order valence-electron chi connectivity index (χ1n) is 6.10. The summed E-state index contributed by atoms with van der Waals surface area (Å²) in [6.45, 7) is 3.98. The monoisotopic (exact) mass is 231 g/mol. The smallest absolute Gasteiger partial charge is 0.164 e. The summed E-state index contributed by atoms with van der Waals surface area (Å²) in [7, 11) is 0. The Kier molecular flexibility index (Phi) is 2.36. The van der Waals surface area contributed by atoms with E-state index in [0.29, 0.717) is 12.0 Å². The number of nitrogens with zero attached hydrogens (tertiary/aromatic N) is 4. The lowest BCUT2D eigenvalue weighted by Crippen LogP contribution is -2.15. The van der Waals surface area contributed by atoms with E-state index in [0.717, 1.165) is 42.3 Å².